The highest BCUT2D eigenvalue weighted by Gasteiger charge is 2.60. The molecule has 5 rings (SSSR count). The van der Waals surface area contributed by atoms with Crippen LogP contribution in [0.25, 0.3) is 11.1 Å². The van der Waals surface area contributed by atoms with Crippen molar-refractivity contribution in [3.63, 3.8) is 0 Å². The van der Waals surface area contributed by atoms with E-state index in [-0.39, 0.29) is 36.1 Å². The predicted molar refractivity (Wildman–Crippen MR) is 105 cm³/mol. The van der Waals surface area contributed by atoms with E-state index in [0.29, 0.717) is 17.5 Å². The Bertz CT molecular complexity index is 910. The second kappa shape index (κ2) is 6.59. The van der Waals surface area contributed by atoms with Crippen LogP contribution in [0.5, 0.6) is 0 Å². The summed E-state index contributed by atoms with van der Waals surface area (Å²) in [6, 6.07) is 17.6. The van der Waals surface area contributed by atoms with Gasteiger partial charge < -0.3 is 5.32 Å². The molecule has 3 aliphatic rings. The summed E-state index contributed by atoms with van der Waals surface area (Å²) in [5.74, 6) is -0.293. The fourth-order valence-corrected chi connectivity index (χ4v) is 5.35. The first-order chi connectivity index (χ1) is 13.6. The minimum absolute atomic E-state index is 0.142. The second-order valence-corrected chi connectivity index (χ2v) is 8.14. The van der Waals surface area contributed by atoms with Crippen molar-refractivity contribution in [1.82, 2.24) is 4.90 Å². The largest absolute Gasteiger partial charge is 0.325 e. The molecule has 1 saturated heterocycles. The summed E-state index contributed by atoms with van der Waals surface area (Å²) in [4.78, 5) is 39.0. The average molecular weight is 374 g/mol. The van der Waals surface area contributed by atoms with E-state index in [9.17, 15) is 14.4 Å². The molecule has 0 spiro atoms. The minimum atomic E-state index is -0.332. The molecule has 2 bridgehead atoms. The molecule has 0 aromatic heterocycles. The number of carbonyl (C=O) groups excluding carboxylic acids is 3. The summed E-state index contributed by atoms with van der Waals surface area (Å²) in [6.45, 7) is -0.190. The van der Waals surface area contributed by atoms with Gasteiger partial charge in [0, 0.05) is 5.69 Å². The molecule has 1 heterocycles. The zero-order valence-electron chi connectivity index (χ0n) is 15.5. The minimum Gasteiger partial charge on any atom is -0.325 e. The molecule has 28 heavy (non-hydrogen) atoms. The normalized spacial score (nSPS) is 27.9. The highest BCUT2D eigenvalue weighted by atomic mass is 16.2. The van der Waals surface area contributed by atoms with Crippen molar-refractivity contribution in [3.05, 3.63) is 54.6 Å². The topological polar surface area (TPSA) is 66.5 Å². The fraction of sp³-hybridized carbons (Fsp3) is 0.348. The number of rotatable bonds is 4. The van der Waals surface area contributed by atoms with Gasteiger partial charge in [-0.05, 0) is 54.4 Å². The first-order valence-electron chi connectivity index (χ1n) is 9.92. The SMILES string of the molecule is O=C(CN1C(=O)[C@@H]2[C@@H]3CC[C@@H](C3)[C@@H]2C1=O)Nc1ccc(-c2ccccc2)cc1. The summed E-state index contributed by atoms with van der Waals surface area (Å²) in [6.07, 6.45) is 3.08. The molecule has 0 unspecified atom stereocenters. The highest BCUT2D eigenvalue weighted by Crippen LogP contribution is 2.56. The molecule has 1 N–H and O–H groups in total. The standard InChI is InChI=1S/C23H22N2O3/c26-19(24-18-10-8-15(9-11-18)14-4-2-1-3-5-14)13-25-22(27)20-16-6-7-17(12-16)21(20)23(25)28/h1-5,8-11,16-17,20-21H,6-7,12-13H2,(H,24,26)/t16-,17+,20-,21+. The van der Waals surface area contributed by atoms with Crippen LogP contribution in [0, 0.1) is 23.7 Å². The first-order valence-corrected chi connectivity index (χ1v) is 9.92. The van der Waals surface area contributed by atoms with Gasteiger partial charge in [0.15, 0.2) is 0 Å². The molecule has 3 amide bonds. The van der Waals surface area contributed by atoms with Crippen LogP contribution in [0.15, 0.2) is 54.6 Å². The Morgan fingerprint density at radius 2 is 1.43 bits per heavy atom. The average Bonchev–Trinajstić information content (AvgIpc) is 3.39. The van der Waals surface area contributed by atoms with E-state index in [1.165, 1.54) is 4.90 Å². The predicted octanol–water partition coefficient (Wildman–Crippen LogP) is 3.32. The zero-order valence-corrected chi connectivity index (χ0v) is 15.5. The Hall–Kier alpha value is -2.95. The number of amides is 3. The van der Waals surface area contributed by atoms with Gasteiger partial charge in [-0.25, -0.2) is 0 Å². The lowest BCUT2D eigenvalue weighted by atomic mass is 9.81. The molecule has 0 radical (unpaired) electrons. The van der Waals surface area contributed by atoms with Gasteiger partial charge in [-0.2, -0.15) is 0 Å². The van der Waals surface area contributed by atoms with E-state index in [1.807, 2.05) is 54.6 Å². The molecule has 4 atom stereocenters. The van der Waals surface area contributed by atoms with Gasteiger partial charge in [-0.15, -0.1) is 0 Å². The van der Waals surface area contributed by atoms with Gasteiger partial charge in [0.05, 0.1) is 11.8 Å². The van der Waals surface area contributed by atoms with Crippen molar-refractivity contribution in [2.24, 2.45) is 23.7 Å². The third-order valence-corrected chi connectivity index (χ3v) is 6.60. The lowest BCUT2D eigenvalue weighted by Crippen LogP contribution is -2.39. The molecule has 2 saturated carbocycles. The Morgan fingerprint density at radius 1 is 0.857 bits per heavy atom. The molecule has 5 nitrogen and oxygen atoms in total. The smallest absolute Gasteiger partial charge is 0.244 e. The number of fused-ring (bicyclic) bond motifs is 5. The quantitative estimate of drug-likeness (QED) is 0.835. The zero-order chi connectivity index (χ0) is 19.3. The molecule has 2 aromatic rings. The van der Waals surface area contributed by atoms with Crippen molar-refractivity contribution >= 4 is 23.4 Å². The van der Waals surface area contributed by atoms with Crippen LogP contribution in [-0.4, -0.2) is 29.2 Å². The van der Waals surface area contributed by atoms with Gasteiger partial charge in [-0.3, -0.25) is 19.3 Å². The molecule has 2 aliphatic carbocycles. The maximum Gasteiger partial charge on any atom is 0.244 e. The van der Waals surface area contributed by atoms with E-state index in [2.05, 4.69) is 5.32 Å². The second-order valence-electron chi connectivity index (χ2n) is 8.14. The molecule has 1 aliphatic heterocycles. The van der Waals surface area contributed by atoms with Crippen molar-refractivity contribution in [2.75, 3.05) is 11.9 Å². The lowest BCUT2D eigenvalue weighted by molar-refractivity contribution is -0.143. The van der Waals surface area contributed by atoms with E-state index in [1.54, 1.807) is 0 Å². The number of hydrogen-bond acceptors (Lipinski definition) is 3. The van der Waals surface area contributed by atoms with Crippen LogP contribution in [0.3, 0.4) is 0 Å². The van der Waals surface area contributed by atoms with Crippen molar-refractivity contribution in [2.45, 2.75) is 19.3 Å². The van der Waals surface area contributed by atoms with Crippen LogP contribution in [-0.2, 0) is 14.4 Å². The maximum absolute atomic E-state index is 12.7. The van der Waals surface area contributed by atoms with Crippen molar-refractivity contribution in [3.8, 4) is 11.1 Å². The fourth-order valence-electron chi connectivity index (χ4n) is 5.35. The molecular weight excluding hydrogens is 352 g/mol. The summed E-state index contributed by atoms with van der Waals surface area (Å²) in [7, 11) is 0. The lowest BCUT2D eigenvalue weighted by Gasteiger charge is -2.19. The van der Waals surface area contributed by atoms with Crippen molar-refractivity contribution < 1.29 is 14.4 Å². The molecule has 142 valence electrons. The number of imide groups is 1. The van der Waals surface area contributed by atoms with Crippen LogP contribution >= 0.6 is 0 Å². The highest BCUT2D eigenvalue weighted by molar-refractivity contribution is 6.09. The van der Waals surface area contributed by atoms with Gasteiger partial charge in [0.25, 0.3) is 0 Å². The third-order valence-electron chi connectivity index (χ3n) is 6.60. The molecule has 3 fully saturated rings. The van der Waals surface area contributed by atoms with Gasteiger partial charge in [0.2, 0.25) is 17.7 Å². The number of nitrogens with one attached hydrogen (secondary N) is 1. The van der Waals surface area contributed by atoms with Crippen molar-refractivity contribution in [1.29, 1.82) is 0 Å². The number of hydrogen-bond donors (Lipinski definition) is 1. The maximum atomic E-state index is 12.7. The number of likely N-dealkylation sites (tertiary alicyclic amines) is 1. The summed E-state index contributed by atoms with van der Waals surface area (Å²) >= 11 is 0. The monoisotopic (exact) mass is 374 g/mol. The van der Waals surface area contributed by atoms with Gasteiger partial charge in [-0.1, -0.05) is 42.5 Å². The number of anilines is 1. The van der Waals surface area contributed by atoms with Crippen LogP contribution < -0.4 is 5.32 Å². The summed E-state index contributed by atoms with van der Waals surface area (Å²) in [5, 5.41) is 2.81. The third kappa shape index (κ3) is 2.73. The summed E-state index contributed by atoms with van der Waals surface area (Å²) < 4.78 is 0. The van der Waals surface area contributed by atoms with Crippen LogP contribution in [0.2, 0.25) is 0 Å². The number of carbonyl (C=O) groups is 3. The first kappa shape index (κ1) is 17.2. The summed E-state index contributed by atoms with van der Waals surface area (Å²) in [5.41, 5.74) is 2.82. The Morgan fingerprint density at radius 3 is 2.04 bits per heavy atom. The Kier molecular flexibility index (Phi) is 4.04. The van der Waals surface area contributed by atoms with E-state index in [0.717, 1.165) is 30.4 Å². The van der Waals surface area contributed by atoms with Gasteiger partial charge >= 0.3 is 0 Å². The van der Waals surface area contributed by atoms with E-state index in [4.69, 9.17) is 0 Å². The number of benzene rings is 2. The molecule has 5 heteroatoms. The van der Waals surface area contributed by atoms with Crippen LogP contribution in [0.1, 0.15) is 19.3 Å². The molecular formula is C23H22N2O3. The van der Waals surface area contributed by atoms with Crippen LogP contribution in [0.4, 0.5) is 5.69 Å². The number of nitrogens with zero attached hydrogens (tertiary/aromatic N) is 1. The van der Waals surface area contributed by atoms with E-state index >= 15 is 0 Å². The van der Waals surface area contributed by atoms with Gasteiger partial charge in [0.1, 0.15) is 6.54 Å². The Balaban J connectivity index is 1.24. The van der Waals surface area contributed by atoms with E-state index < -0.39 is 0 Å². The Labute approximate surface area is 163 Å². The molecule has 2 aromatic carbocycles.